The van der Waals surface area contributed by atoms with Crippen LogP contribution < -0.4 is 4.74 Å². The second-order valence-corrected chi connectivity index (χ2v) is 4.01. The molecule has 1 aromatic carbocycles. The molecule has 1 atom stereocenters. The zero-order valence-corrected chi connectivity index (χ0v) is 10.8. The largest absolute Gasteiger partial charge is 0.478 e. The molecule has 17 heavy (non-hydrogen) atoms. The first-order chi connectivity index (χ1) is 7.95. The van der Waals surface area contributed by atoms with E-state index in [9.17, 15) is 14.9 Å². The lowest BCUT2D eigenvalue weighted by atomic mass is 10.3. The predicted molar refractivity (Wildman–Crippen MR) is 62.9 cm³/mol. The summed E-state index contributed by atoms with van der Waals surface area (Å²) in [5.41, 5.74) is -0.111. The summed E-state index contributed by atoms with van der Waals surface area (Å²) in [6, 6.07) is 4.06. The number of nitro groups is 1. The molecule has 0 bridgehead atoms. The van der Waals surface area contributed by atoms with Gasteiger partial charge < -0.3 is 9.47 Å². The number of hydrogen-bond acceptors (Lipinski definition) is 5. The Morgan fingerprint density at radius 1 is 1.53 bits per heavy atom. The van der Waals surface area contributed by atoms with Gasteiger partial charge >= 0.3 is 5.97 Å². The number of esters is 1. The maximum atomic E-state index is 11.1. The molecular weight excluding hydrogens is 294 g/mol. The van der Waals surface area contributed by atoms with E-state index in [-0.39, 0.29) is 11.4 Å². The van der Waals surface area contributed by atoms with Gasteiger partial charge in [0, 0.05) is 6.07 Å². The van der Waals surface area contributed by atoms with Crippen LogP contribution in [0.25, 0.3) is 0 Å². The van der Waals surface area contributed by atoms with E-state index in [0.717, 1.165) is 0 Å². The van der Waals surface area contributed by atoms with Crippen molar-refractivity contribution in [3.63, 3.8) is 0 Å². The van der Waals surface area contributed by atoms with Crippen LogP contribution in [-0.2, 0) is 9.53 Å². The van der Waals surface area contributed by atoms with Gasteiger partial charge in [0.2, 0.25) is 0 Å². The van der Waals surface area contributed by atoms with Crippen LogP contribution in [0.4, 0.5) is 5.69 Å². The third-order valence-electron chi connectivity index (χ3n) is 1.96. The molecule has 0 saturated carbocycles. The number of ether oxygens (including phenoxy) is 2. The fourth-order valence-electron chi connectivity index (χ4n) is 1.10. The van der Waals surface area contributed by atoms with Crippen LogP contribution >= 0.6 is 15.9 Å². The molecule has 0 spiro atoms. The average molecular weight is 304 g/mol. The first-order valence-electron chi connectivity index (χ1n) is 4.64. The minimum absolute atomic E-state index is 0.111. The summed E-state index contributed by atoms with van der Waals surface area (Å²) in [6.07, 6.45) is -0.835. The normalized spacial score (nSPS) is 11.7. The second-order valence-electron chi connectivity index (χ2n) is 3.16. The van der Waals surface area contributed by atoms with Crippen LogP contribution in [0.15, 0.2) is 22.7 Å². The van der Waals surface area contributed by atoms with Gasteiger partial charge in [0.05, 0.1) is 22.6 Å². The first kappa shape index (κ1) is 13.4. The van der Waals surface area contributed by atoms with Crippen LogP contribution in [0.3, 0.4) is 0 Å². The summed E-state index contributed by atoms with van der Waals surface area (Å²) in [4.78, 5) is 21.2. The van der Waals surface area contributed by atoms with Crippen LogP contribution in [0.1, 0.15) is 6.92 Å². The van der Waals surface area contributed by atoms with Crippen molar-refractivity contribution in [2.45, 2.75) is 13.0 Å². The number of nitrogens with zero attached hydrogens (tertiary/aromatic N) is 1. The molecule has 1 rings (SSSR count). The highest BCUT2D eigenvalue weighted by Crippen LogP contribution is 2.30. The quantitative estimate of drug-likeness (QED) is 0.484. The molecule has 0 saturated heterocycles. The van der Waals surface area contributed by atoms with E-state index in [4.69, 9.17) is 4.74 Å². The zero-order chi connectivity index (χ0) is 13.0. The molecule has 0 heterocycles. The predicted octanol–water partition coefficient (Wildman–Crippen LogP) is 2.30. The molecule has 0 unspecified atom stereocenters. The van der Waals surface area contributed by atoms with Crippen molar-refractivity contribution < 1.29 is 19.2 Å². The Balaban J connectivity index is 2.93. The molecule has 0 amide bonds. The summed E-state index contributed by atoms with van der Waals surface area (Å²) in [7, 11) is 1.24. The number of benzene rings is 1. The Labute approximate surface area is 106 Å². The van der Waals surface area contributed by atoms with Crippen LogP contribution in [0, 0.1) is 10.1 Å². The molecule has 0 N–H and O–H groups in total. The molecule has 7 heteroatoms. The number of halogens is 1. The van der Waals surface area contributed by atoms with Crippen LogP contribution in [0.2, 0.25) is 0 Å². The van der Waals surface area contributed by atoms with Gasteiger partial charge in [-0.2, -0.15) is 0 Å². The summed E-state index contributed by atoms with van der Waals surface area (Å²) >= 11 is 3.18. The molecule has 0 aliphatic rings. The van der Waals surface area contributed by atoms with E-state index in [1.54, 1.807) is 0 Å². The van der Waals surface area contributed by atoms with Crippen molar-refractivity contribution in [2.75, 3.05) is 7.11 Å². The summed E-state index contributed by atoms with van der Waals surface area (Å²) < 4.78 is 10.3. The Hall–Kier alpha value is -1.63. The lowest BCUT2D eigenvalue weighted by Gasteiger charge is -2.13. The fraction of sp³-hybridized carbons (Fsp3) is 0.300. The molecule has 0 aromatic heterocycles. The van der Waals surface area contributed by atoms with Gasteiger partial charge in [0.25, 0.3) is 5.69 Å². The lowest BCUT2D eigenvalue weighted by Crippen LogP contribution is -2.25. The minimum Gasteiger partial charge on any atom is -0.478 e. The number of non-ortho nitro benzene ring substituents is 1. The van der Waals surface area contributed by atoms with Crippen molar-refractivity contribution in [1.29, 1.82) is 0 Å². The smallest absolute Gasteiger partial charge is 0.346 e. The number of carbonyl (C=O) groups excluding carboxylic acids is 1. The van der Waals surface area contributed by atoms with E-state index < -0.39 is 17.0 Å². The Morgan fingerprint density at radius 2 is 2.18 bits per heavy atom. The highest BCUT2D eigenvalue weighted by molar-refractivity contribution is 9.10. The molecule has 1 aromatic rings. The number of hydrogen-bond donors (Lipinski definition) is 0. The molecule has 0 aliphatic carbocycles. The molecule has 0 fully saturated rings. The van der Waals surface area contributed by atoms with Crippen molar-refractivity contribution in [2.24, 2.45) is 0 Å². The number of methoxy groups -OCH3 is 1. The molecule has 6 nitrogen and oxygen atoms in total. The van der Waals surface area contributed by atoms with Crippen molar-refractivity contribution >= 4 is 27.6 Å². The van der Waals surface area contributed by atoms with Gasteiger partial charge in [-0.05, 0) is 28.9 Å². The third-order valence-corrected chi connectivity index (χ3v) is 2.62. The molecular formula is C10H10BrNO5. The minimum atomic E-state index is -0.835. The van der Waals surface area contributed by atoms with Gasteiger partial charge in [0.1, 0.15) is 5.75 Å². The third kappa shape index (κ3) is 3.42. The van der Waals surface area contributed by atoms with E-state index in [0.29, 0.717) is 4.47 Å². The average Bonchev–Trinajstić information content (AvgIpc) is 2.30. The van der Waals surface area contributed by atoms with E-state index in [1.807, 2.05) is 0 Å². The van der Waals surface area contributed by atoms with E-state index in [1.165, 1.54) is 32.2 Å². The van der Waals surface area contributed by atoms with E-state index >= 15 is 0 Å². The molecule has 0 aliphatic heterocycles. The molecule has 92 valence electrons. The van der Waals surface area contributed by atoms with Gasteiger partial charge in [-0.3, -0.25) is 10.1 Å². The maximum Gasteiger partial charge on any atom is 0.346 e. The number of rotatable bonds is 4. The van der Waals surface area contributed by atoms with Gasteiger partial charge in [-0.15, -0.1) is 0 Å². The molecule has 0 radical (unpaired) electrons. The SMILES string of the molecule is COC(=O)[C@H](C)Oc1cc([N+](=O)[O-])ccc1Br. The van der Waals surface area contributed by atoms with Gasteiger partial charge in [-0.25, -0.2) is 4.79 Å². The second kappa shape index (κ2) is 5.62. The van der Waals surface area contributed by atoms with Crippen molar-refractivity contribution in [3.05, 3.63) is 32.8 Å². The van der Waals surface area contributed by atoms with Crippen LogP contribution in [-0.4, -0.2) is 24.1 Å². The van der Waals surface area contributed by atoms with Crippen LogP contribution in [0.5, 0.6) is 5.75 Å². The lowest BCUT2D eigenvalue weighted by molar-refractivity contribution is -0.385. The Bertz CT molecular complexity index is 448. The maximum absolute atomic E-state index is 11.1. The monoisotopic (exact) mass is 303 g/mol. The van der Waals surface area contributed by atoms with Crippen molar-refractivity contribution in [1.82, 2.24) is 0 Å². The Morgan fingerprint density at radius 3 is 2.71 bits per heavy atom. The zero-order valence-electron chi connectivity index (χ0n) is 9.18. The number of carbonyl (C=O) groups is 1. The van der Waals surface area contributed by atoms with Crippen molar-refractivity contribution in [3.8, 4) is 5.75 Å². The van der Waals surface area contributed by atoms with E-state index in [2.05, 4.69) is 20.7 Å². The van der Waals surface area contributed by atoms with Gasteiger partial charge in [0.15, 0.2) is 6.10 Å². The highest BCUT2D eigenvalue weighted by Gasteiger charge is 2.18. The highest BCUT2D eigenvalue weighted by atomic mass is 79.9. The fourth-order valence-corrected chi connectivity index (χ4v) is 1.44. The Kier molecular flexibility index (Phi) is 4.45. The van der Waals surface area contributed by atoms with Gasteiger partial charge in [-0.1, -0.05) is 0 Å². The summed E-state index contributed by atoms with van der Waals surface area (Å²) in [6.45, 7) is 1.50. The standard InChI is InChI=1S/C10H10BrNO5/c1-6(10(13)16-2)17-9-5-7(12(14)15)3-4-8(9)11/h3-6H,1-2H3/t6-/m0/s1. The first-order valence-corrected chi connectivity index (χ1v) is 5.43. The summed E-state index contributed by atoms with van der Waals surface area (Å²) in [5.74, 6) is -0.333. The number of nitro benzene ring substituents is 1. The summed E-state index contributed by atoms with van der Waals surface area (Å²) in [5, 5.41) is 10.6. The topological polar surface area (TPSA) is 78.7 Å².